The molecule has 0 spiro atoms. The number of Topliss-reactive ketones (excluding diaryl/α,β-unsaturated/α-hetero) is 1. The Morgan fingerprint density at radius 1 is 0.971 bits per heavy atom. The molecule has 0 radical (unpaired) electrons. The third kappa shape index (κ3) is 4.77. The van der Waals surface area contributed by atoms with Gasteiger partial charge in [-0.25, -0.2) is 4.98 Å². The van der Waals surface area contributed by atoms with Gasteiger partial charge in [-0.1, -0.05) is 23.9 Å². The lowest BCUT2D eigenvalue weighted by Crippen LogP contribution is -2.22. The zero-order valence-corrected chi connectivity index (χ0v) is 19.9. The molecule has 174 valence electrons. The number of nitrogens with zero attached hydrogens (tertiary/aromatic N) is 2. The predicted octanol–water partition coefficient (Wildman–Crippen LogP) is 4.78. The molecule has 0 saturated carbocycles. The minimum Gasteiger partial charge on any atom is -0.497 e. The molecule has 0 unspecified atom stereocenters. The molecule has 0 atom stereocenters. The summed E-state index contributed by atoms with van der Waals surface area (Å²) in [5.41, 5.74) is 1.45. The maximum absolute atomic E-state index is 13.4. The zero-order valence-electron chi connectivity index (χ0n) is 19.1. The van der Waals surface area contributed by atoms with Crippen LogP contribution in [0.1, 0.15) is 17.3 Å². The van der Waals surface area contributed by atoms with E-state index in [1.165, 1.54) is 23.4 Å². The van der Waals surface area contributed by atoms with Gasteiger partial charge in [0, 0.05) is 6.07 Å². The normalized spacial score (nSPS) is 10.8. The molecule has 3 aromatic carbocycles. The molecule has 0 amide bonds. The molecule has 0 fully saturated rings. The van der Waals surface area contributed by atoms with E-state index < -0.39 is 0 Å². The third-order valence-corrected chi connectivity index (χ3v) is 6.13. The number of rotatable bonds is 9. The van der Waals surface area contributed by atoms with E-state index in [-0.39, 0.29) is 17.1 Å². The Morgan fingerprint density at radius 2 is 1.71 bits per heavy atom. The van der Waals surface area contributed by atoms with Crippen molar-refractivity contribution in [2.75, 3.05) is 26.6 Å². The topological polar surface area (TPSA) is 79.7 Å². The molecule has 34 heavy (non-hydrogen) atoms. The minimum atomic E-state index is -0.202. The largest absolute Gasteiger partial charge is 0.497 e. The van der Waals surface area contributed by atoms with Crippen molar-refractivity contribution in [3.05, 3.63) is 82.6 Å². The van der Waals surface area contributed by atoms with Crippen LogP contribution in [-0.2, 0) is 0 Å². The average molecular weight is 477 g/mol. The smallest absolute Gasteiger partial charge is 0.266 e. The first-order chi connectivity index (χ1) is 16.5. The summed E-state index contributed by atoms with van der Waals surface area (Å²) in [5.74, 6) is 1.67. The monoisotopic (exact) mass is 476 g/mol. The summed E-state index contributed by atoms with van der Waals surface area (Å²) in [4.78, 5) is 31.1. The number of hydrogen-bond acceptors (Lipinski definition) is 7. The molecule has 4 aromatic rings. The van der Waals surface area contributed by atoms with Gasteiger partial charge in [-0.05, 0) is 55.5 Å². The van der Waals surface area contributed by atoms with E-state index in [1.54, 1.807) is 55.6 Å². The van der Waals surface area contributed by atoms with Crippen molar-refractivity contribution in [2.24, 2.45) is 0 Å². The first-order valence-electron chi connectivity index (χ1n) is 10.7. The molecule has 0 aliphatic heterocycles. The van der Waals surface area contributed by atoms with Crippen LogP contribution in [0.3, 0.4) is 0 Å². The lowest BCUT2D eigenvalue weighted by molar-refractivity contribution is 0.101. The average Bonchev–Trinajstić information content (AvgIpc) is 2.87. The highest BCUT2D eigenvalue weighted by Gasteiger charge is 2.18. The molecule has 1 heterocycles. The van der Waals surface area contributed by atoms with Gasteiger partial charge < -0.3 is 14.2 Å². The number of methoxy groups -OCH3 is 2. The molecule has 0 bridgehead atoms. The fourth-order valence-corrected chi connectivity index (χ4v) is 4.43. The summed E-state index contributed by atoms with van der Waals surface area (Å²) in [6.07, 6.45) is 0. The number of aromatic nitrogens is 2. The van der Waals surface area contributed by atoms with Gasteiger partial charge in [-0.2, -0.15) is 0 Å². The van der Waals surface area contributed by atoms with E-state index in [0.717, 1.165) is 0 Å². The van der Waals surface area contributed by atoms with E-state index in [9.17, 15) is 9.59 Å². The maximum atomic E-state index is 13.4. The number of carbonyl (C=O) groups excluding carboxylic acids is 1. The Bertz CT molecular complexity index is 1380. The standard InChI is InChI=1S/C26H24N2O5S/c1-4-33-18-11-9-17(10-12-18)28-25(30)20-7-5-6-8-22(20)27-26(28)34-16-23(29)21-14-13-19(31-2)15-24(21)32-3/h5-15H,4,16H2,1-3H3. The molecule has 0 N–H and O–H groups in total. The molecule has 0 aliphatic rings. The molecule has 8 heteroatoms. The first-order valence-corrected chi connectivity index (χ1v) is 11.7. The van der Waals surface area contributed by atoms with Crippen molar-refractivity contribution < 1.29 is 19.0 Å². The third-order valence-electron chi connectivity index (χ3n) is 5.19. The van der Waals surface area contributed by atoms with Gasteiger partial charge in [0.25, 0.3) is 5.56 Å². The fourth-order valence-electron chi connectivity index (χ4n) is 3.53. The number of carbonyl (C=O) groups is 1. The van der Waals surface area contributed by atoms with E-state index in [2.05, 4.69) is 0 Å². The zero-order chi connectivity index (χ0) is 24.1. The molecular formula is C26H24N2O5S. The molecular weight excluding hydrogens is 452 g/mol. The van der Waals surface area contributed by atoms with E-state index in [4.69, 9.17) is 19.2 Å². The van der Waals surface area contributed by atoms with Gasteiger partial charge in [0.15, 0.2) is 10.9 Å². The number of benzene rings is 3. The summed E-state index contributed by atoms with van der Waals surface area (Å²) in [6, 6.07) is 19.5. The van der Waals surface area contributed by atoms with Crippen molar-refractivity contribution in [3.8, 4) is 22.9 Å². The van der Waals surface area contributed by atoms with Crippen LogP contribution in [0.25, 0.3) is 16.6 Å². The highest BCUT2D eigenvalue weighted by molar-refractivity contribution is 7.99. The second-order valence-corrected chi connectivity index (χ2v) is 8.20. The number of ether oxygens (including phenoxy) is 3. The van der Waals surface area contributed by atoms with Gasteiger partial charge in [-0.3, -0.25) is 14.2 Å². The number of hydrogen-bond donors (Lipinski definition) is 0. The number of ketones is 1. The molecule has 0 saturated heterocycles. The Labute approximate surface area is 201 Å². The Morgan fingerprint density at radius 3 is 2.41 bits per heavy atom. The van der Waals surface area contributed by atoms with Gasteiger partial charge in [0.2, 0.25) is 0 Å². The van der Waals surface area contributed by atoms with Crippen LogP contribution < -0.4 is 19.8 Å². The fraction of sp³-hybridized carbons (Fsp3) is 0.192. The van der Waals surface area contributed by atoms with Crippen LogP contribution in [0.4, 0.5) is 0 Å². The summed E-state index contributed by atoms with van der Waals surface area (Å²) < 4.78 is 17.6. The van der Waals surface area contributed by atoms with Crippen LogP contribution in [-0.4, -0.2) is 41.9 Å². The molecule has 1 aromatic heterocycles. The van der Waals surface area contributed by atoms with Crippen LogP contribution >= 0.6 is 11.8 Å². The van der Waals surface area contributed by atoms with Crippen molar-refractivity contribution in [1.82, 2.24) is 9.55 Å². The van der Waals surface area contributed by atoms with E-state index >= 15 is 0 Å². The molecule has 0 aliphatic carbocycles. The minimum absolute atomic E-state index is 0.0739. The lowest BCUT2D eigenvalue weighted by atomic mass is 10.1. The van der Waals surface area contributed by atoms with Gasteiger partial charge in [0.05, 0.1) is 48.7 Å². The summed E-state index contributed by atoms with van der Waals surface area (Å²) in [7, 11) is 3.06. The number of fused-ring (bicyclic) bond motifs is 1. The first kappa shape index (κ1) is 23.4. The van der Waals surface area contributed by atoms with Gasteiger partial charge in [-0.15, -0.1) is 0 Å². The molecule has 4 rings (SSSR count). The predicted molar refractivity (Wildman–Crippen MR) is 133 cm³/mol. The van der Waals surface area contributed by atoms with Gasteiger partial charge >= 0.3 is 0 Å². The molecule has 7 nitrogen and oxygen atoms in total. The lowest BCUT2D eigenvalue weighted by Gasteiger charge is -2.14. The highest BCUT2D eigenvalue weighted by atomic mass is 32.2. The number of para-hydroxylation sites is 1. The summed E-state index contributed by atoms with van der Waals surface area (Å²) in [5, 5.41) is 0.928. The SMILES string of the molecule is CCOc1ccc(-n2c(SCC(=O)c3ccc(OC)cc3OC)nc3ccccc3c2=O)cc1. The maximum Gasteiger partial charge on any atom is 0.266 e. The van der Waals surface area contributed by atoms with Crippen LogP contribution in [0.2, 0.25) is 0 Å². The van der Waals surface area contributed by atoms with Crippen LogP contribution in [0.5, 0.6) is 17.2 Å². The Hall–Kier alpha value is -3.78. The van der Waals surface area contributed by atoms with Crippen LogP contribution in [0, 0.1) is 0 Å². The van der Waals surface area contributed by atoms with Crippen LogP contribution in [0.15, 0.2) is 76.7 Å². The second kappa shape index (κ2) is 10.4. The van der Waals surface area contributed by atoms with Crippen molar-refractivity contribution in [2.45, 2.75) is 12.1 Å². The summed E-state index contributed by atoms with van der Waals surface area (Å²) in [6.45, 7) is 2.46. The van der Waals surface area contributed by atoms with E-state index in [0.29, 0.717) is 51.2 Å². The Kier molecular flexibility index (Phi) is 7.18. The van der Waals surface area contributed by atoms with Crippen molar-refractivity contribution in [1.29, 1.82) is 0 Å². The van der Waals surface area contributed by atoms with E-state index in [1.807, 2.05) is 25.1 Å². The number of thioether (sulfide) groups is 1. The Balaban J connectivity index is 1.71. The van der Waals surface area contributed by atoms with Crippen molar-refractivity contribution >= 4 is 28.4 Å². The second-order valence-electron chi connectivity index (χ2n) is 7.26. The van der Waals surface area contributed by atoms with Gasteiger partial charge in [0.1, 0.15) is 17.2 Å². The quantitative estimate of drug-likeness (QED) is 0.195. The highest BCUT2D eigenvalue weighted by Crippen LogP contribution is 2.28. The van der Waals surface area contributed by atoms with Crippen molar-refractivity contribution in [3.63, 3.8) is 0 Å². The summed E-state index contributed by atoms with van der Waals surface area (Å²) >= 11 is 1.20.